The number of aliphatic hydroxyl groups is 1. The Bertz CT molecular complexity index is 1390. The smallest absolute Gasteiger partial charge is 0.387 e. The fourth-order valence-electron chi connectivity index (χ4n) is 6.77. The van der Waals surface area contributed by atoms with Gasteiger partial charge in [-0.05, 0) is 85.4 Å². The number of nitrogens with one attached hydrogen (secondary N) is 1. The number of aryl methyl sites for hydroxylation is 1. The summed E-state index contributed by atoms with van der Waals surface area (Å²) >= 11 is 0. The van der Waals surface area contributed by atoms with Crippen LogP contribution in [0.3, 0.4) is 0 Å². The zero-order valence-electron chi connectivity index (χ0n) is 21.3. The average molecular weight is 572 g/mol. The largest absolute Gasteiger partial charge is 0.426 e. The van der Waals surface area contributed by atoms with E-state index in [0.717, 1.165) is 24.3 Å². The fourth-order valence-corrected chi connectivity index (χ4v) is 9.27. The number of carbonyl (C=O) groups is 1. The maximum atomic E-state index is 14.8. The monoisotopic (exact) mass is 571 g/mol. The molecule has 5 rings (SSSR count). The Morgan fingerprint density at radius 2 is 1.74 bits per heavy atom. The molecule has 5 nitrogen and oxygen atoms in total. The van der Waals surface area contributed by atoms with Crippen molar-refractivity contribution in [1.29, 1.82) is 0 Å². The first-order valence-corrected chi connectivity index (χ1v) is 14.4. The van der Waals surface area contributed by atoms with Crippen LogP contribution in [-0.4, -0.2) is 44.2 Å². The highest BCUT2D eigenvalue weighted by atomic mass is 32.2. The molecule has 3 aliphatic rings. The van der Waals surface area contributed by atoms with Crippen molar-refractivity contribution in [2.24, 2.45) is 11.8 Å². The number of sulfone groups is 1. The van der Waals surface area contributed by atoms with Crippen LogP contribution in [0.25, 0.3) is 0 Å². The normalized spacial score (nSPS) is 27.7. The number of fused-ring (bicyclic) bond motifs is 3. The van der Waals surface area contributed by atoms with Gasteiger partial charge in [-0.2, -0.15) is 13.2 Å². The van der Waals surface area contributed by atoms with Gasteiger partial charge in [0.25, 0.3) is 0 Å². The van der Waals surface area contributed by atoms with E-state index in [1.165, 1.54) is 18.2 Å². The Morgan fingerprint density at radius 1 is 1.08 bits per heavy atom. The first-order chi connectivity index (χ1) is 18.1. The summed E-state index contributed by atoms with van der Waals surface area (Å²) in [6.07, 6.45) is -4.16. The third kappa shape index (κ3) is 4.50. The summed E-state index contributed by atoms with van der Waals surface area (Å²) in [5.41, 5.74) is -4.71. The van der Waals surface area contributed by atoms with Gasteiger partial charge in [0.1, 0.15) is 16.3 Å². The summed E-state index contributed by atoms with van der Waals surface area (Å²) in [5, 5.41) is 13.3. The molecule has 1 unspecified atom stereocenters. The van der Waals surface area contributed by atoms with E-state index in [9.17, 15) is 40.3 Å². The summed E-state index contributed by atoms with van der Waals surface area (Å²) in [5.74, 6) is -1.68. The maximum absolute atomic E-state index is 14.8. The van der Waals surface area contributed by atoms with Gasteiger partial charge in [0, 0.05) is 25.9 Å². The standard InChI is InChI=1S/C28H30F5NO4S/c1-25(30,28(31,32)33)19-3-9-24-17(12-19)2-8-23-18(13-21(35)14-26(36)15-34-16-26)10-11-27(23,24)39(37,38)22-6-4-20(29)5-7-22/h3-7,9,12,18,23,34,36H,2,8,10-11,13-16H2,1H3/t18-,23-,25?,27-/m0/s1. The molecule has 1 aliphatic heterocycles. The Balaban J connectivity index is 1.58. The first-order valence-electron chi connectivity index (χ1n) is 13.0. The van der Waals surface area contributed by atoms with Crippen LogP contribution in [0.15, 0.2) is 47.4 Å². The van der Waals surface area contributed by atoms with E-state index in [1.54, 1.807) is 0 Å². The maximum Gasteiger partial charge on any atom is 0.426 e. The number of carbonyl (C=O) groups excluding carboxylic acids is 1. The molecule has 212 valence electrons. The van der Waals surface area contributed by atoms with Crippen molar-refractivity contribution in [2.75, 3.05) is 13.1 Å². The van der Waals surface area contributed by atoms with Crippen molar-refractivity contribution in [2.45, 2.75) is 72.5 Å². The molecule has 0 aromatic heterocycles. The van der Waals surface area contributed by atoms with Gasteiger partial charge in [0.2, 0.25) is 5.67 Å². The molecule has 1 saturated carbocycles. The number of ketones is 1. The summed E-state index contributed by atoms with van der Waals surface area (Å²) in [4.78, 5) is 12.8. The van der Waals surface area contributed by atoms with E-state index in [0.29, 0.717) is 37.6 Å². The second-order valence-corrected chi connectivity index (χ2v) is 13.6. The highest BCUT2D eigenvalue weighted by Gasteiger charge is 2.61. The van der Waals surface area contributed by atoms with Crippen LogP contribution in [0.1, 0.15) is 55.7 Å². The Hall–Kier alpha value is -2.37. The molecule has 1 heterocycles. The molecule has 0 spiro atoms. The van der Waals surface area contributed by atoms with Gasteiger partial charge in [-0.25, -0.2) is 17.2 Å². The molecule has 4 atom stereocenters. The van der Waals surface area contributed by atoms with Crippen LogP contribution in [0.2, 0.25) is 0 Å². The lowest BCUT2D eigenvalue weighted by Gasteiger charge is -2.43. The van der Waals surface area contributed by atoms with Crippen molar-refractivity contribution < 1.29 is 40.3 Å². The minimum atomic E-state index is -5.16. The summed E-state index contributed by atoms with van der Waals surface area (Å²) in [6.45, 7) is 1.04. The summed E-state index contributed by atoms with van der Waals surface area (Å²) < 4.78 is 95.9. The quantitative estimate of drug-likeness (QED) is 0.365. The van der Waals surface area contributed by atoms with Crippen LogP contribution in [0.5, 0.6) is 0 Å². The van der Waals surface area contributed by atoms with Gasteiger partial charge in [0.05, 0.1) is 10.5 Å². The second-order valence-electron chi connectivity index (χ2n) is 11.4. The van der Waals surface area contributed by atoms with Gasteiger partial charge in [-0.15, -0.1) is 0 Å². The highest BCUT2D eigenvalue weighted by molar-refractivity contribution is 7.92. The van der Waals surface area contributed by atoms with Gasteiger partial charge in [0.15, 0.2) is 9.84 Å². The van der Waals surface area contributed by atoms with Gasteiger partial charge < -0.3 is 10.4 Å². The number of Topliss-reactive ketones (excluding diaryl/α,β-unsaturated/α-hetero) is 1. The van der Waals surface area contributed by atoms with E-state index < -0.39 is 49.3 Å². The Morgan fingerprint density at radius 3 is 2.33 bits per heavy atom. The third-order valence-corrected chi connectivity index (χ3v) is 11.5. The molecule has 0 amide bonds. The number of alkyl halides is 4. The van der Waals surface area contributed by atoms with Gasteiger partial charge in [-0.3, -0.25) is 4.79 Å². The predicted molar refractivity (Wildman–Crippen MR) is 133 cm³/mol. The van der Waals surface area contributed by atoms with E-state index in [-0.39, 0.29) is 48.7 Å². The third-order valence-electron chi connectivity index (χ3n) is 8.94. The van der Waals surface area contributed by atoms with E-state index >= 15 is 0 Å². The lowest BCUT2D eigenvalue weighted by atomic mass is 9.71. The van der Waals surface area contributed by atoms with Crippen LogP contribution in [-0.2, 0) is 31.5 Å². The zero-order chi connectivity index (χ0) is 28.4. The highest BCUT2D eigenvalue weighted by Crippen LogP contribution is 2.60. The Kier molecular flexibility index (Phi) is 6.75. The molecule has 39 heavy (non-hydrogen) atoms. The molecular formula is C28H30F5NO4S. The molecule has 2 aliphatic carbocycles. The lowest BCUT2D eigenvalue weighted by Crippen LogP contribution is -2.60. The number of hydrogen-bond acceptors (Lipinski definition) is 5. The second kappa shape index (κ2) is 9.34. The number of hydrogen-bond donors (Lipinski definition) is 2. The molecule has 2 aromatic carbocycles. The molecular weight excluding hydrogens is 541 g/mol. The van der Waals surface area contributed by atoms with Crippen LogP contribution >= 0.6 is 0 Å². The summed E-state index contributed by atoms with van der Waals surface area (Å²) in [7, 11) is -4.22. The van der Waals surface area contributed by atoms with Gasteiger partial charge >= 0.3 is 6.18 Å². The molecule has 1 saturated heterocycles. The fraction of sp³-hybridized carbons (Fsp3) is 0.536. The van der Waals surface area contributed by atoms with Crippen LogP contribution in [0.4, 0.5) is 22.0 Å². The Labute approximate surface area is 223 Å². The van der Waals surface area contributed by atoms with Crippen LogP contribution in [0, 0.1) is 17.7 Å². The van der Waals surface area contributed by atoms with E-state index in [1.807, 2.05) is 0 Å². The van der Waals surface area contributed by atoms with Gasteiger partial charge in [-0.1, -0.05) is 18.2 Å². The molecule has 2 fully saturated rings. The molecule has 11 heteroatoms. The molecule has 0 radical (unpaired) electrons. The first kappa shape index (κ1) is 28.2. The van der Waals surface area contributed by atoms with Crippen molar-refractivity contribution in [1.82, 2.24) is 5.32 Å². The van der Waals surface area contributed by atoms with Crippen molar-refractivity contribution >= 4 is 15.6 Å². The lowest BCUT2D eigenvalue weighted by molar-refractivity contribution is -0.228. The number of halogens is 5. The average Bonchev–Trinajstić information content (AvgIpc) is 3.22. The van der Waals surface area contributed by atoms with E-state index in [4.69, 9.17) is 0 Å². The van der Waals surface area contributed by atoms with E-state index in [2.05, 4.69) is 5.32 Å². The molecule has 2 N–H and O–H groups in total. The topological polar surface area (TPSA) is 83.5 Å². The zero-order valence-corrected chi connectivity index (χ0v) is 22.1. The predicted octanol–water partition coefficient (Wildman–Crippen LogP) is 4.90. The number of rotatable bonds is 7. The molecule has 0 bridgehead atoms. The number of benzene rings is 2. The van der Waals surface area contributed by atoms with Crippen molar-refractivity contribution in [3.8, 4) is 0 Å². The van der Waals surface area contributed by atoms with Crippen molar-refractivity contribution in [3.05, 3.63) is 65.0 Å². The SMILES string of the molecule is CC(F)(c1ccc2c(c1)CC[C@H]1[C@H](CC(=O)CC3(O)CNC3)CC[C@@]21S(=O)(=O)c1ccc(F)cc1)C(F)(F)F. The summed E-state index contributed by atoms with van der Waals surface area (Å²) in [6, 6.07) is 7.79. The minimum Gasteiger partial charge on any atom is -0.387 e. The number of β-amino-alcohol motifs (C(OH)–C–C–N with tert-alkyl or cyclic N) is 1. The van der Waals surface area contributed by atoms with Crippen molar-refractivity contribution in [3.63, 3.8) is 0 Å². The van der Waals surface area contributed by atoms with Crippen LogP contribution < -0.4 is 5.32 Å². The molecule has 2 aromatic rings. The minimum absolute atomic E-state index is 0.0482.